The molecule has 2 rings (SSSR count). The summed E-state index contributed by atoms with van der Waals surface area (Å²) < 4.78 is 38.1. The van der Waals surface area contributed by atoms with Gasteiger partial charge in [0.15, 0.2) is 0 Å². The van der Waals surface area contributed by atoms with Crippen LogP contribution in [0.5, 0.6) is 0 Å². The molecule has 17 heavy (non-hydrogen) atoms. The molecule has 0 amide bonds. The molecule has 0 aliphatic carbocycles. The monoisotopic (exact) mass is 243 g/mol. The Morgan fingerprint density at radius 3 is 2.47 bits per heavy atom. The molecule has 1 saturated heterocycles. The van der Waals surface area contributed by atoms with E-state index >= 15 is 0 Å². The standard InChI is InChI=1S/C13H16F3N/c1-9-6-11(13(14,15)16)8-12(7-9)17-5-3-4-10(17)2/h6-8,10H,3-5H2,1-2H3/t10-/m0/s1. The SMILES string of the molecule is Cc1cc(N2CCC[C@@H]2C)cc(C(F)(F)F)c1. The number of nitrogens with zero attached hydrogens (tertiary/aromatic N) is 1. The molecular formula is C13H16F3N. The van der Waals surface area contributed by atoms with E-state index in [-0.39, 0.29) is 0 Å². The van der Waals surface area contributed by atoms with Crippen LogP contribution in [0.2, 0.25) is 0 Å². The number of aryl methyl sites for hydroxylation is 1. The van der Waals surface area contributed by atoms with Crippen LogP contribution in [-0.2, 0) is 6.18 Å². The molecule has 1 aromatic rings. The Morgan fingerprint density at radius 1 is 1.24 bits per heavy atom. The molecule has 1 nitrogen and oxygen atoms in total. The van der Waals surface area contributed by atoms with Crippen LogP contribution in [0, 0.1) is 6.92 Å². The summed E-state index contributed by atoms with van der Waals surface area (Å²) in [7, 11) is 0. The van der Waals surface area contributed by atoms with Crippen LogP contribution in [0.4, 0.5) is 18.9 Å². The van der Waals surface area contributed by atoms with Gasteiger partial charge in [0, 0.05) is 18.3 Å². The topological polar surface area (TPSA) is 3.24 Å². The van der Waals surface area contributed by atoms with Gasteiger partial charge in [0.1, 0.15) is 0 Å². The highest BCUT2D eigenvalue weighted by Crippen LogP contribution is 2.34. The Labute approximate surface area is 99.2 Å². The van der Waals surface area contributed by atoms with Crippen LogP contribution in [-0.4, -0.2) is 12.6 Å². The summed E-state index contributed by atoms with van der Waals surface area (Å²) in [5, 5.41) is 0. The van der Waals surface area contributed by atoms with Crippen LogP contribution in [0.3, 0.4) is 0 Å². The summed E-state index contributed by atoms with van der Waals surface area (Å²) in [6.07, 6.45) is -2.16. The lowest BCUT2D eigenvalue weighted by Gasteiger charge is -2.25. The molecule has 1 aliphatic rings. The van der Waals surface area contributed by atoms with Gasteiger partial charge in [-0.05, 0) is 50.5 Å². The number of halogens is 3. The molecule has 0 N–H and O–H groups in total. The smallest absolute Gasteiger partial charge is 0.369 e. The van der Waals surface area contributed by atoms with Crippen molar-refractivity contribution in [3.05, 3.63) is 29.3 Å². The van der Waals surface area contributed by atoms with Gasteiger partial charge in [-0.2, -0.15) is 13.2 Å². The van der Waals surface area contributed by atoms with Crippen LogP contribution in [0.1, 0.15) is 30.9 Å². The molecule has 0 bridgehead atoms. The van der Waals surface area contributed by atoms with E-state index in [1.807, 2.05) is 6.07 Å². The highest BCUT2D eigenvalue weighted by molar-refractivity contribution is 5.53. The molecule has 0 aromatic heterocycles. The van der Waals surface area contributed by atoms with E-state index in [0.717, 1.165) is 19.4 Å². The molecule has 4 heteroatoms. The minimum atomic E-state index is -4.26. The third-order valence-electron chi connectivity index (χ3n) is 3.27. The maximum absolute atomic E-state index is 12.7. The second-order valence-electron chi connectivity index (χ2n) is 4.74. The lowest BCUT2D eigenvalue weighted by molar-refractivity contribution is -0.137. The lowest BCUT2D eigenvalue weighted by Crippen LogP contribution is -2.26. The zero-order chi connectivity index (χ0) is 12.6. The maximum Gasteiger partial charge on any atom is 0.416 e. The normalized spacial score (nSPS) is 21.0. The highest BCUT2D eigenvalue weighted by Gasteiger charge is 2.32. The minimum absolute atomic E-state index is 0.331. The van der Waals surface area contributed by atoms with Crippen molar-refractivity contribution in [3.63, 3.8) is 0 Å². The number of anilines is 1. The van der Waals surface area contributed by atoms with Gasteiger partial charge >= 0.3 is 6.18 Å². The molecule has 94 valence electrons. The zero-order valence-electron chi connectivity index (χ0n) is 10.0. The Hall–Kier alpha value is -1.19. The van der Waals surface area contributed by atoms with Crippen molar-refractivity contribution in [3.8, 4) is 0 Å². The summed E-state index contributed by atoms with van der Waals surface area (Å²) in [6, 6.07) is 4.62. The Bertz CT molecular complexity index is 412. The van der Waals surface area contributed by atoms with Crippen molar-refractivity contribution in [2.24, 2.45) is 0 Å². The fourth-order valence-corrected chi connectivity index (χ4v) is 2.41. The Morgan fingerprint density at radius 2 is 1.94 bits per heavy atom. The summed E-state index contributed by atoms with van der Waals surface area (Å²) in [6.45, 7) is 4.62. The number of alkyl halides is 3. The van der Waals surface area contributed by atoms with Crippen LogP contribution < -0.4 is 4.90 Å². The van der Waals surface area contributed by atoms with Gasteiger partial charge in [-0.25, -0.2) is 0 Å². The molecule has 0 radical (unpaired) electrons. The van der Waals surface area contributed by atoms with Crippen LogP contribution in [0.15, 0.2) is 18.2 Å². The van der Waals surface area contributed by atoms with E-state index in [1.165, 1.54) is 12.1 Å². The van der Waals surface area contributed by atoms with Gasteiger partial charge in [-0.3, -0.25) is 0 Å². The quantitative estimate of drug-likeness (QED) is 0.720. The summed E-state index contributed by atoms with van der Waals surface area (Å²) in [5.41, 5.74) is 0.808. The van der Waals surface area contributed by atoms with Gasteiger partial charge in [-0.1, -0.05) is 0 Å². The predicted octanol–water partition coefficient (Wildman–Crippen LogP) is 4.00. The average molecular weight is 243 g/mol. The van der Waals surface area contributed by atoms with Gasteiger partial charge in [0.2, 0.25) is 0 Å². The molecule has 1 heterocycles. The molecule has 0 saturated carbocycles. The van der Waals surface area contributed by atoms with Crippen molar-refractivity contribution < 1.29 is 13.2 Å². The van der Waals surface area contributed by atoms with Crippen LogP contribution in [0.25, 0.3) is 0 Å². The van der Waals surface area contributed by atoms with Gasteiger partial charge in [0.25, 0.3) is 0 Å². The number of hydrogen-bond acceptors (Lipinski definition) is 1. The van der Waals surface area contributed by atoms with E-state index in [4.69, 9.17) is 0 Å². The maximum atomic E-state index is 12.7. The summed E-state index contributed by atoms with van der Waals surface area (Å²) in [5.74, 6) is 0. The summed E-state index contributed by atoms with van der Waals surface area (Å²) in [4.78, 5) is 2.06. The largest absolute Gasteiger partial charge is 0.416 e. The third kappa shape index (κ3) is 2.56. The fourth-order valence-electron chi connectivity index (χ4n) is 2.41. The Kier molecular flexibility index (Phi) is 3.06. The van der Waals surface area contributed by atoms with E-state index in [1.54, 1.807) is 6.92 Å². The molecule has 1 aliphatic heterocycles. The van der Waals surface area contributed by atoms with Crippen molar-refractivity contribution >= 4 is 5.69 Å². The van der Waals surface area contributed by atoms with Crippen molar-refractivity contribution in [2.75, 3.05) is 11.4 Å². The minimum Gasteiger partial charge on any atom is -0.369 e. The van der Waals surface area contributed by atoms with E-state index in [2.05, 4.69) is 11.8 Å². The van der Waals surface area contributed by atoms with Gasteiger partial charge in [-0.15, -0.1) is 0 Å². The number of rotatable bonds is 1. The van der Waals surface area contributed by atoms with Gasteiger partial charge < -0.3 is 4.90 Å². The summed E-state index contributed by atoms with van der Waals surface area (Å²) >= 11 is 0. The van der Waals surface area contributed by atoms with E-state index in [0.29, 0.717) is 17.3 Å². The van der Waals surface area contributed by atoms with E-state index in [9.17, 15) is 13.2 Å². The first kappa shape index (κ1) is 12.3. The fraction of sp³-hybridized carbons (Fsp3) is 0.538. The molecule has 0 unspecified atom stereocenters. The predicted molar refractivity (Wildman–Crippen MR) is 62.2 cm³/mol. The lowest BCUT2D eigenvalue weighted by atomic mass is 10.1. The second kappa shape index (κ2) is 4.24. The van der Waals surface area contributed by atoms with Gasteiger partial charge in [0.05, 0.1) is 5.56 Å². The first-order valence-corrected chi connectivity index (χ1v) is 5.83. The van der Waals surface area contributed by atoms with Crippen molar-refractivity contribution in [1.82, 2.24) is 0 Å². The Balaban J connectivity index is 2.38. The zero-order valence-corrected chi connectivity index (χ0v) is 10.0. The van der Waals surface area contributed by atoms with E-state index < -0.39 is 11.7 Å². The van der Waals surface area contributed by atoms with Crippen LogP contribution >= 0.6 is 0 Å². The third-order valence-corrected chi connectivity index (χ3v) is 3.27. The molecule has 1 atom stereocenters. The van der Waals surface area contributed by atoms with Crippen molar-refractivity contribution in [1.29, 1.82) is 0 Å². The number of benzene rings is 1. The molecule has 1 fully saturated rings. The second-order valence-corrected chi connectivity index (χ2v) is 4.74. The molecule has 1 aromatic carbocycles. The molecule has 0 spiro atoms. The highest BCUT2D eigenvalue weighted by atomic mass is 19.4. The number of hydrogen-bond donors (Lipinski definition) is 0. The first-order chi connectivity index (χ1) is 7.88. The van der Waals surface area contributed by atoms with Crippen molar-refractivity contribution in [2.45, 2.75) is 38.9 Å². The average Bonchev–Trinajstić information content (AvgIpc) is 2.62. The first-order valence-electron chi connectivity index (χ1n) is 5.83. The molecular weight excluding hydrogens is 227 g/mol.